The Morgan fingerprint density at radius 3 is 2.00 bits per heavy atom. The van der Waals surface area contributed by atoms with Crippen LogP contribution in [0.3, 0.4) is 0 Å². The summed E-state index contributed by atoms with van der Waals surface area (Å²) in [5.41, 5.74) is 3.07. The maximum atomic E-state index is 12.5. The molecule has 178 valence electrons. The molecule has 0 aliphatic carbocycles. The van der Waals surface area contributed by atoms with Crippen LogP contribution in [0, 0.1) is 0 Å². The fourth-order valence-corrected chi connectivity index (χ4v) is 4.15. The average Bonchev–Trinajstić information content (AvgIpc) is 2.81. The van der Waals surface area contributed by atoms with Crippen molar-refractivity contribution in [2.75, 3.05) is 56.0 Å². The summed E-state index contributed by atoms with van der Waals surface area (Å²) in [5, 5.41) is 5.98. The highest BCUT2D eigenvalue weighted by molar-refractivity contribution is 5.92. The fourth-order valence-electron chi connectivity index (χ4n) is 4.15. The lowest BCUT2D eigenvalue weighted by Gasteiger charge is -2.33. The molecule has 0 bridgehead atoms. The smallest absolute Gasteiger partial charge is 0.238 e. The van der Waals surface area contributed by atoms with Crippen LogP contribution in [-0.4, -0.2) is 73.5 Å². The third-order valence-corrected chi connectivity index (χ3v) is 5.98. The second-order valence-electron chi connectivity index (χ2n) is 8.79. The number of carbonyl (C=O) groups excluding carboxylic acids is 2. The molecule has 33 heavy (non-hydrogen) atoms. The molecular weight excluding hydrogens is 414 g/mol. The Labute approximate surface area is 197 Å². The van der Waals surface area contributed by atoms with E-state index in [9.17, 15) is 9.59 Å². The van der Waals surface area contributed by atoms with Gasteiger partial charge in [0.2, 0.25) is 11.8 Å². The summed E-state index contributed by atoms with van der Waals surface area (Å²) in [6, 6.07) is 18.4. The molecule has 2 amide bonds. The molecule has 2 aromatic carbocycles. The van der Waals surface area contributed by atoms with E-state index in [1.807, 2.05) is 42.5 Å². The largest absolute Gasteiger partial charge is 0.369 e. The Morgan fingerprint density at radius 2 is 1.45 bits per heavy atom. The maximum absolute atomic E-state index is 12.5. The van der Waals surface area contributed by atoms with Crippen LogP contribution in [0.25, 0.3) is 0 Å². The van der Waals surface area contributed by atoms with E-state index >= 15 is 0 Å². The number of nitrogens with one attached hydrogen (secondary N) is 2. The topological polar surface area (TPSA) is 67.9 Å². The van der Waals surface area contributed by atoms with Crippen molar-refractivity contribution < 1.29 is 9.59 Å². The molecule has 0 saturated carbocycles. The van der Waals surface area contributed by atoms with Crippen molar-refractivity contribution in [3.8, 4) is 0 Å². The van der Waals surface area contributed by atoms with Crippen molar-refractivity contribution in [2.45, 2.75) is 33.4 Å². The number of carbonyl (C=O) groups is 2. The summed E-state index contributed by atoms with van der Waals surface area (Å²) in [5.74, 6) is 0.0283. The van der Waals surface area contributed by atoms with Crippen LogP contribution in [0.2, 0.25) is 0 Å². The molecule has 7 nitrogen and oxygen atoms in total. The fraction of sp³-hybridized carbons (Fsp3) is 0.462. The highest BCUT2D eigenvalue weighted by Gasteiger charge is 2.20. The number of amides is 2. The van der Waals surface area contributed by atoms with Crippen molar-refractivity contribution in [3.05, 3.63) is 60.2 Å². The van der Waals surface area contributed by atoms with Gasteiger partial charge in [0.15, 0.2) is 0 Å². The lowest BCUT2D eigenvalue weighted by Crippen LogP contribution is -2.50. The summed E-state index contributed by atoms with van der Waals surface area (Å²) in [7, 11) is 0. The summed E-state index contributed by atoms with van der Waals surface area (Å²) >= 11 is 0. The third-order valence-electron chi connectivity index (χ3n) is 5.98. The van der Waals surface area contributed by atoms with E-state index in [4.69, 9.17) is 0 Å². The number of hydrogen-bond acceptors (Lipinski definition) is 5. The van der Waals surface area contributed by atoms with Crippen LogP contribution >= 0.6 is 0 Å². The lowest BCUT2D eigenvalue weighted by atomic mass is 10.2. The standard InChI is InChI=1S/C26H37N5O2/c1-4-31(21(2)3)24-12-10-23(11-13-24)28-26(33)20-30-16-14-29(15-17-30)19-25(32)27-18-22-8-6-5-7-9-22/h5-13,21H,4,14-20H2,1-3H3,(H,27,32)(H,28,33). The average molecular weight is 452 g/mol. The first-order valence-corrected chi connectivity index (χ1v) is 11.9. The van der Waals surface area contributed by atoms with Gasteiger partial charge in [-0.2, -0.15) is 0 Å². The highest BCUT2D eigenvalue weighted by atomic mass is 16.2. The molecule has 0 radical (unpaired) electrons. The number of rotatable bonds is 10. The summed E-state index contributed by atoms with van der Waals surface area (Å²) in [6.07, 6.45) is 0. The molecule has 7 heteroatoms. The van der Waals surface area contributed by atoms with Gasteiger partial charge in [-0.1, -0.05) is 30.3 Å². The molecular formula is C26H37N5O2. The highest BCUT2D eigenvalue weighted by Crippen LogP contribution is 2.20. The Hall–Kier alpha value is -2.90. The Kier molecular flexibility index (Phi) is 9.27. The first-order chi connectivity index (χ1) is 15.9. The monoisotopic (exact) mass is 451 g/mol. The molecule has 3 rings (SSSR count). The summed E-state index contributed by atoms with van der Waals surface area (Å²) < 4.78 is 0. The van der Waals surface area contributed by atoms with E-state index in [-0.39, 0.29) is 11.8 Å². The molecule has 1 aliphatic heterocycles. The van der Waals surface area contributed by atoms with Crippen LogP contribution in [0.15, 0.2) is 54.6 Å². The first kappa shape index (κ1) is 24.7. The van der Waals surface area contributed by atoms with Crippen LogP contribution in [0.5, 0.6) is 0 Å². The third kappa shape index (κ3) is 7.87. The zero-order valence-corrected chi connectivity index (χ0v) is 20.1. The minimum atomic E-state index is -0.00647. The van der Waals surface area contributed by atoms with E-state index in [1.165, 1.54) is 0 Å². The Bertz CT molecular complexity index is 877. The van der Waals surface area contributed by atoms with Crippen molar-refractivity contribution in [2.24, 2.45) is 0 Å². The quantitative estimate of drug-likeness (QED) is 0.582. The second kappa shape index (κ2) is 12.4. The van der Waals surface area contributed by atoms with Gasteiger partial charge in [-0.15, -0.1) is 0 Å². The van der Waals surface area contributed by atoms with Gasteiger partial charge in [-0.3, -0.25) is 19.4 Å². The SMILES string of the molecule is CCN(c1ccc(NC(=O)CN2CCN(CC(=O)NCc3ccccc3)CC2)cc1)C(C)C. The van der Waals surface area contributed by atoms with E-state index in [0.717, 1.165) is 49.7 Å². The number of anilines is 2. The Morgan fingerprint density at radius 1 is 0.879 bits per heavy atom. The van der Waals surface area contributed by atoms with Crippen LogP contribution in [0.4, 0.5) is 11.4 Å². The number of nitrogens with zero attached hydrogens (tertiary/aromatic N) is 3. The van der Waals surface area contributed by atoms with Crippen LogP contribution < -0.4 is 15.5 Å². The molecule has 1 fully saturated rings. The molecule has 1 aliphatic rings. The molecule has 1 saturated heterocycles. The molecule has 0 aromatic heterocycles. The van der Waals surface area contributed by atoms with Gasteiger partial charge in [0.1, 0.15) is 0 Å². The zero-order valence-electron chi connectivity index (χ0n) is 20.1. The molecule has 0 unspecified atom stereocenters. The van der Waals surface area contributed by atoms with Gasteiger partial charge in [0.05, 0.1) is 13.1 Å². The van der Waals surface area contributed by atoms with Crippen molar-refractivity contribution >= 4 is 23.2 Å². The van der Waals surface area contributed by atoms with Gasteiger partial charge in [-0.25, -0.2) is 0 Å². The predicted molar refractivity (Wildman–Crippen MR) is 134 cm³/mol. The summed E-state index contributed by atoms with van der Waals surface area (Å²) in [4.78, 5) is 31.3. The van der Waals surface area contributed by atoms with Gasteiger partial charge in [0.25, 0.3) is 0 Å². The van der Waals surface area contributed by atoms with Gasteiger partial charge in [0, 0.05) is 56.7 Å². The van der Waals surface area contributed by atoms with E-state index in [1.54, 1.807) is 0 Å². The molecule has 2 N–H and O–H groups in total. The predicted octanol–water partition coefficient (Wildman–Crippen LogP) is 2.79. The first-order valence-electron chi connectivity index (χ1n) is 11.9. The Balaban J connectivity index is 1.36. The normalized spacial score (nSPS) is 14.8. The zero-order chi connectivity index (χ0) is 23.6. The van der Waals surface area contributed by atoms with E-state index in [0.29, 0.717) is 25.7 Å². The van der Waals surface area contributed by atoms with Crippen molar-refractivity contribution in [3.63, 3.8) is 0 Å². The minimum absolute atomic E-state index is 0.00647. The molecule has 2 aromatic rings. The van der Waals surface area contributed by atoms with E-state index in [2.05, 4.69) is 58.2 Å². The van der Waals surface area contributed by atoms with Crippen molar-refractivity contribution in [1.82, 2.24) is 15.1 Å². The summed E-state index contributed by atoms with van der Waals surface area (Å²) in [6.45, 7) is 11.9. The maximum Gasteiger partial charge on any atom is 0.238 e. The van der Waals surface area contributed by atoms with Crippen molar-refractivity contribution in [1.29, 1.82) is 0 Å². The second-order valence-corrected chi connectivity index (χ2v) is 8.79. The van der Waals surface area contributed by atoms with Gasteiger partial charge >= 0.3 is 0 Å². The van der Waals surface area contributed by atoms with Crippen LogP contribution in [-0.2, 0) is 16.1 Å². The molecule has 1 heterocycles. The number of hydrogen-bond donors (Lipinski definition) is 2. The minimum Gasteiger partial charge on any atom is -0.369 e. The molecule has 0 spiro atoms. The van der Waals surface area contributed by atoms with Gasteiger partial charge < -0.3 is 15.5 Å². The molecule has 0 atom stereocenters. The van der Waals surface area contributed by atoms with Gasteiger partial charge in [-0.05, 0) is 50.6 Å². The number of piperazine rings is 1. The number of benzene rings is 2. The van der Waals surface area contributed by atoms with E-state index < -0.39 is 0 Å². The van der Waals surface area contributed by atoms with Crippen LogP contribution in [0.1, 0.15) is 26.3 Å². The lowest BCUT2D eigenvalue weighted by molar-refractivity contribution is -0.123.